The van der Waals surface area contributed by atoms with Crippen LogP contribution in [0, 0.1) is 10.1 Å². The monoisotopic (exact) mass is 452 g/mol. The van der Waals surface area contributed by atoms with Crippen LogP contribution in [-0.2, 0) is 6.18 Å². The van der Waals surface area contributed by atoms with Gasteiger partial charge in [-0.1, -0.05) is 12.1 Å². The van der Waals surface area contributed by atoms with Crippen molar-refractivity contribution >= 4 is 17.5 Å². The molecule has 0 amide bonds. The SMILES string of the molecule is O=C(/C=C/c1cccn1-c1ccc([N+](=O)[O-])cc1)c1ccc(-c2cccc(C(F)(F)F)c2)o1. The summed E-state index contributed by atoms with van der Waals surface area (Å²) in [6, 6.07) is 16.9. The average Bonchev–Trinajstić information content (AvgIpc) is 3.47. The molecule has 6 nitrogen and oxygen atoms in total. The molecule has 0 saturated carbocycles. The molecule has 4 aromatic rings. The Balaban J connectivity index is 1.53. The molecule has 0 radical (unpaired) electrons. The molecule has 166 valence electrons. The van der Waals surface area contributed by atoms with E-state index < -0.39 is 22.4 Å². The van der Waals surface area contributed by atoms with E-state index >= 15 is 0 Å². The molecule has 0 aliphatic rings. The van der Waals surface area contributed by atoms with Crippen LogP contribution >= 0.6 is 0 Å². The van der Waals surface area contributed by atoms with Gasteiger partial charge in [0.05, 0.1) is 10.5 Å². The lowest BCUT2D eigenvalue weighted by Crippen LogP contribution is -2.04. The molecule has 0 aliphatic heterocycles. The topological polar surface area (TPSA) is 78.3 Å². The van der Waals surface area contributed by atoms with E-state index in [1.54, 1.807) is 41.1 Å². The smallest absolute Gasteiger partial charge is 0.416 e. The van der Waals surface area contributed by atoms with E-state index in [1.165, 1.54) is 42.5 Å². The molecule has 0 bridgehead atoms. The number of nitro groups is 1. The van der Waals surface area contributed by atoms with E-state index in [-0.39, 0.29) is 22.8 Å². The van der Waals surface area contributed by atoms with Gasteiger partial charge in [-0.2, -0.15) is 13.2 Å². The van der Waals surface area contributed by atoms with Crippen molar-refractivity contribution in [1.82, 2.24) is 4.57 Å². The number of allylic oxidation sites excluding steroid dienone is 1. The van der Waals surface area contributed by atoms with Crippen molar-refractivity contribution in [1.29, 1.82) is 0 Å². The Morgan fingerprint density at radius 3 is 2.45 bits per heavy atom. The van der Waals surface area contributed by atoms with E-state index in [0.29, 0.717) is 11.4 Å². The third-order valence-corrected chi connectivity index (χ3v) is 4.85. The van der Waals surface area contributed by atoms with Crippen LogP contribution in [0.2, 0.25) is 0 Å². The van der Waals surface area contributed by atoms with Gasteiger partial charge in [-0.25, -0.2) is 0 Å². The molecule has 4 rings (SSSR count). The van der Waals surface area contributed by atoms with Crippen LogP contribution in [0.1, 0.15) is 21.8 Å². The van der Waals surface area contributed by atoms with Crippen molar-refractivity contribution < 1.29 is 27.3 Å². The predicted octanol–water partition coefficient (Wildman–Crippen LogP) is 6.56. The number of carbonyl (C=O) groups is 1. The highest BCUT2D eigenvalue weighted by atomic mass is 19.4. The van der Waals surface area contributed by atoms with Gasteiger partial charge in [0.25, 0.3) is 5.69 Å². The second-order valence-electron chi connectivity index (χ2n) is 7.02. The molecule has 33 heavy (non-hydrogen) atoms. The highest BCUT2D eigenvalue weighted by molar-refractivity contribution is 6.05. The first kappa shape index (κ1) is 21.8. The molecule has 2 heterocycles. The largest absolute Gasteiger partial charge is 0.453 e. The normalized spacial score (nSPS) is 11.7. The van der Waals surface area contributed by atoms with E-state index in [1.807, 2.05) is 0 Å². The second-order valence-corrected chi connectivity index (χ2v) is 7.02. The summed E-state index contributed by atoms with van der Waals surface area (Å²) in [5, 5.41) is 10.8. The molecule has 0 spiro atoms. The van der Waals surface area contributed by atoms with Gasteiger partial charge in [-0.3, -0.25) is 14.9 Å². The van der Waals surface area contributed by atoms with Gasteiger partial charge in [-0.05, 0) is 60.7 Å². The standard InChI is InChI=1S/C24H15F3N2O4/c25-24(26,27)17-4-1-3-16(15-17)22-12-13-23(33-22)21(30)11-10-18-5-2-14-28(18)19-6-8-20(9-7-19)29(31)32/h1-15H/b11-10+. The number of benzene rings is 2. The van der Waals surface area contributed by atoms with Crippen molar-refractivity contribution in [3.05, 3.63) is 112 Å². The quantitative estimate of drug-likeness (QED) is 0.144. The number of hydrogen-bond acceptors (Lipinski definition) is 4. The highest BCUT2D eigenvalue weighted by Gasteiger charge is 2.30. The van der Waals surface area contributed by atoms with Crippen LogP contribution in [0.5, 0.6) is 0 Å². The van der Waals surface area contributed by atoms with Crippen LogP contribution in [0.15, 0.2) is 89.5 Å². The number of hydrogen-bond donors (Lipinski definition) is 0. The zero-order valence-electron chi connectivity index (χ0n) is 16.8. The van der Waals surface area contributed by atoms with Crippen molar-refractivity contribution in [3.63, 3.8) is 0 Å². The number of ketones is 1. The van der Waals surface area contributed by atoms with E-state index in [0.717, 1.165) is 12.1 Å². The minimum Gasteiger partial charge on any atom is -0.453 e. The Labute approximate surface area is 185 Å². The summed E-state index contributed by atoms with van der Waals surface area (Å²) in [5.41, 5.74) is 0.674. The first-order valence-electron chi connectivity index (χ1n) is 9.64. The lowest BCUT2D eigenvalue weighted by atomic mass is 10.1. The van der Waals surface area contributed by atoms with Crippen molar-refractivity contribution in [2.45, 2.75) is 6.18 Å². The summed E-state index contributed by atoms with van der Waals surface area (Å²) in [6.45, 7) is 0. The molecule has 2 aromatic carbocycles. The number of alkyl halides is 3. The van der Waals surface area contributed by atoms with E-state index in [4.69, 9.17) is 4.42 Å². The fourth-order valence-corrected chi connectivity index (χ4v) is 3.22. The van der Waals surface area contributed by atoms with Crippen LogP contribution in [-0.4, -0.2) is 15.3 Å². The Kier molecular flexibility index (Phi) is 5.70. The number of nitro benzene ring substituents is 1. The summed E-state index contributed by atoms with van der Waals surface area (Å²) < 4.78 is 46.0. The number of halogens is 3. The summed E-state index contributed by atoms with van der Waals surface area (Å²) in [7, 11) is 0. The Bertz CT molecular complexity index is 1350. The summed E-state index contributed by atoms with van der Waals surface area (Å²) in [4.78, 5) is 22.9. The maximum Gasteiger partial charge on any atom is 0.416 e. The molecule has 0 N–H and O–H groups in total. The third kappa shape index (κ3) is 4.77. The molecule has 0 unspecified atom stereocenters. The lowest BCUT2D eigenvalue weighted by Gasteiger charge is -2.07. The van der Waals surface area contributed by atoms with Crippen molar-refractivity contribution in [2.24, 2.45) is 0 Å². The Morgan fingerprint density at radius 2 is 1.76 bits per heavy atom. The number of non-ortho nitro benzene ring substituents is 1. The van der Waals surface area contributed by atoms with Crippen molar-refractivity contribution in [3.8, 4) is 17.0 Å². The van der Waals surface area contributed by atoms with Gasteiger partial charge in [0.15, 0.2) is 5.76 Å². The van der Waals surface area contributed by atoms with E-state index in [2.05, 4.69) is 0 Å². The number of rotatable bonds is 6. The first-order chi connectivity index (χ1) is 15.7. The van der Waals surface area contributed by atoms with Gasteiger partial charge < -0.3 is 8.98 Å². The first-order valence-corrected chi connectivity index (χ1v) is 9.64. The fraction of sp³-hybridized carbons (Fsp3) is 0.0417. The van der Waals surface area contributed by atoms with Gasteiger partial charge in [0.1, 0.15) is 5.76 Å². The zero-order valence-corrected chi connectivity index (χ0v) is 16.8. The van der Waals surface area contributed by atoms with Gasteiger partial charge in [0.2, 0.25) is 5.78 Å². The minimum atomic E-state index is -4.48. The number of aromatic nitrogens is 1. The maximum atomic E-state index is 12.9. The van der Waals surface area contributed by atoms with E-state index in [9.17, 15) is 28.1 Å². The molecule has 2 aromatic heterocycles. The molecular weight excluding hydrogens is 437 g/mol. The molecule has 0 atom stereocenters. The van der Waals surface area contributed by atoms with Gasteiger partial charge in [-0.15, -0.1) is 0 Å². The van der Waals surface area contributed by atoms with Crippen LogP contribution in [0.4, 0.5) is 18.9 Å². The third-order valence-electron chi connectivity index (χ3n) is 4.85. The van der Waals surface area contributed by atoms with Crippen molar-refractivity contribution in [2.75, 3.05) is 0 Å². The summed E-state index contributed by atoms with van der Waals surface area (Å²) >= 11 is 0. The number of carbonyl (C=O) groups excluding carboxylic acids is 1. The summed E-state index contributed by atoms with van der Waals surface area (Å²) in [6.07, 6.45) is 0.0920. The Hall–Kier alpha value is -4.40. The van der Waals surface area contributed by atoms with Gasteiger partial charge >= 0.3 is 6.18 Å². The van der Waals surface area contributed by atoms with Gasteiger partial charge in [0, 0.05) is 35.3 Å². The highest BCUT2D eigenvalue weighted by Crippen LogP contribution is 2.32. The molecule has 9 heteroatoms. The Morgan fingerprint density at radius 1 is 1.00 bits per heavy atom. The maximum absolute atomic E-state index is 12.9. The van der Waals surface area contributed by atoms with Crippen LogP contribution < -0.4 is 0 Å². The zero-order chi connectivity index (χ0) is 23.6. The lowest BCUT2D eigenvalue weighted by molar-refractivity contribution is -0.384. The molecule has 0 saturated heterocycles. The molecular formula is C24H15F3N2O4. The predicted molar refractivity (Wildman–Crippen MR) is 115 cm³/mol. The summed E-state index contributed by atoms with van der Waals surface area (Å²) in [5.74, 6) is -0.344. The average molecular weight is 452 g/mol. The number of nitrogens with zero attached hydrogens (tertiary/aromatic N) is 2. The van der Waals surface area contributed by atoms with Crippen LogP contribution in [0.3, 0.4) is 0 Å². The molecule has 0 fully saturated rings. The minimum absolute atomic E-state index is 0.0212. The second kappa shape index (κ2) is 8.62. The number of furan rings is 1. The fourth-order valence-electron chi connectivity index (χ4n) is 3.22. The molecule has 0 aliphatic carbocycles. The van der Waals surface area contributed by atoms with Crippen LogP contribution in [0.25, 0.3) is 23.1 Å².